The van der Waals surface area contributed by atoms with Crippen LogP contribution in [0.3, 0.4) is 0 Å². The van der Waals surface area contributed by atoms with Gasteiger partial charge in [0.2, 0.25) is 0 Å². The molecule has 0 atom stereocenters. The van der Waals surface area contributed by atoms with Crippen LogP contribution in [0.2, 0.25) is 0 Å². The number of rotatable bonds is 5. The number of hydrogen-bond acceptors (Lipinski definition) is 2. The number of aromatic nitrogens is 1. The monoisotopic (exact) mass is 284 g/mol. The molecular weight excluding hydrogens is 268 g/mol. The van der Waals surface area contributed by atoms with Gasteiger partial charge in [0.25, 0.3) is 5.91 Å². The van der Waals surface area contributed by atoms with Gasteiger partial charge in [-0.15, -0.1) is 0 Å². The van der Waals surface area contributed by atoms with Gasteiger partial charge in [-0.1, -0.05) is 30.3 Å². The van der Waals surface area contributed by atoms with Gasteiger partial charge in [-0.2, -0.15) is 0 Å². The van der Waals surface area contributed by atoms with Crippen molar-refractivity contribution in [2.75, 3.05) is 6.54 Å². The average molecular weight is 284 g/mol. The molecule has 21 heavy (non-hydrogen) atoms. The average Bonchev–Trinajstić information content (AvgIpc) is 3.14. The fraction of sp³-hybridized carbons (Fsp3) is 0.250. The van der Waals surface area contributed by atoms with Gasteiger partial charge in [-0.3, -0.25) is 9.59 Å². The summed E-state index contributed by atoms with van der Waals surface area (Å²) in [5, 5.41) is 11.8. The van der Waals surface area contributed by atoms with E-state index in [1.54, 1.807) is 6.07 Å². The van der Waals surface area contributed by atoms with Crippen molar-refractivity contribution in [3.63, 3.8) is 0 Å². The highest BCUT2D eigenvalue weighted by molar-refractivity contribution is 5.94. The molecule has 108 valence electrons. The molecule has 1 fully saturated rings. The molecule has 0 radical (unpaired) electrons. The number of carbonyl (C=O) groups is 2. The number of benzene rings is 1. The van der Waals surface area contributed by atoms with Crippen LogP contribution in [-0.4, -0.2) is 28.5 Å². The van der Waals surface area contributed by atoms with Gasteiger partial charge in [0.05, 0.1) is 5.41 Å². The lowest BCUT2D eigenvalue weighted by atomic mass is 10.1. The molecule has 1 aromatic carbocycles. The first-order valence-electron chi connectivity index (χ1n) is 6.87. The third kappa shape index (κ3) is 2.67. The summed E-state index contributed by atoms with van der Waals surface area (Å²) in [5.74, 6) is -1.11. The predicted octanol–water partition coefficient (Wildman–Crippen LogP) is 2.28. The van der Waals surface area contributed by atoms with Gasteiger partial charge in [0.1, 0.15) is 5.69 Å². The van der Waals surface area contributed by atoms with E-state index in [4.69, 9.17) is 5.11 Å². The summed E-state index contributed by atoms with van der Waals surface area (Å²) in [7, 11) is 0. The first-order chi connectivity index (χ1) is 10.1. The Morgan fingerprint density at radius 2 is 1.86 bits per heavy atom. The summed E-state index contributed by atoms with van der Waals surface area (Å²) in [5.41, 5.74) is 1.56. The third-order valence-corrected chi connectivity index (χ3v) is 3.91. The minimum atomic E-state index is -0.834. The van der Waals surface area contributed by atoms with E-state index in [9.17, 15) is 9.59 Å². The summed E-state index contributed by atoms with van der Waals surface area (Å²) in [4.78, 5) is 26.2. The minimum absolute atomic E-state index is 0.181. The molecule has 1 aliphatic carbocycles. The molecule has 0 unspecified atom stereocenters. The van der Waals surface area contributed by atoms with Gasteiger partial charge in [0.15, 0.2) is 0 Å². The standard InChI is InChI=1S/C16H16N2O3/c19-14(17-10-16(8-9-16)15(20)21)13-7-6-12(18-13)11-4-2-1-3-5-11/h1-7,18H,8-10H2,(H,17,19)(H,20,21). The molecule has 5 heteroatoms. The lowest BCUT2D eigenvalue weighted by Gasteiger charge is -2.10. The summed E-state index contributed by atoms with van der Waals surface area (Å²) in [6, 6.07) is 13.3. The number of aliphatic carboxylic acids is 1. The maximum atomic E-state index is 12.1. The van der Waals surface area contributed by atoms with Crippen LogP contribution in [0.25, 0.3) is 11.3 Å². The van der Waals surface area contributed by atoms with Gasteiger partial charge >= 0.3 is 5.97 Å². The molecule has 0 saturated heterocycles. The van der Waals surface area contributed by atoms with E-state index in [0.29, 0.717) is 18.5 Å². The Balaban J connectivity index is 1.66. The number of carboxylic acids is 1. The zero-order chi connectivity index (χ0) is 14.9. The number of carbonyl (C=O) groups excluding carboxylic acids is 1. The van der Waals surface area contributed by atoms with E-state index in [0.717, 1.165) is 11.3 Å². The number of nitrogens with one attached hydrogen (secondary N) is 2. The molecule has 1 saturated carbocycles. The number of hydrogen-bond donors (Lipinski definition) is 3. The van der Waals surface area contributed by atoms with Crippen molar-refractivity contribution in [3.8, 4) is 11.3 Å². The van der Waals surface area contributed by atoms with Crippen LogP contribution >= 0.6 is 0 Å². The first-order valence-corrected chi connectivity index (χ1v) is 6.87. The Labute approximate surface area is 122 Å². The van der Waals surface area contributed by atoms with Crippen LogP contribution in [0, 0.1) is 5.41 Å². The molecule has 1 amide bonds. The molecule has 3 N–H and O–H groups in total. The van der Waals surface area contributed by atoms with E-state index >= 15 is 0 Å². The SMILES string of the molecule is O=C(NCC1(C(=O)O)CC1)c1ccc(-c2ccccc2)[nH]1. The molecule has 1 aliphatic rings. The van der Waals surface area contributed by atoms with Crippen molar-refractivity contribution in [2.45, 2.75) is 12.8 Å². The van der Waals surface area contributed by atoms with E-state index in [2.05, 4.69) is 10.3 Å². The summed E-state index contributed by atoms with van der Waals surface area (Å²) in [6.07, 6.45) is 1.26. The second kappa shape index (κ2) is 5.09. The van der Waals surface area contributed by atoms with Crippen molar-refractivity contribution in [2.24, 2.45) is 5.41 Å². The fourth-order valence-corrected chi connectivity index (χ4v) is 2.28. The second-order valence-corrected chi connectivity index (χ2v) is 5.42. The second-order valence-electron chi connectivity index (χ2n) is 5.42. The quantitative estimate of drug-likeness (QED) is 0.787. The van der Waals surface area contributed by atoms with Crippen LogP contribution in [0.4, 0.5) is 0 Å². The molecule has 2 aromatic rings. The smallest absolute Gasteiger partial charge is 0.311 e. The molecule has 0 aliphatic heterocycles. The molecule has 1 aromatic heterocycles. The first kappa shape index (κ1) is 13.4. The fourth-order valence-electron chi connectivity index (χ4n) is 2.28. The van der Waals surface area contributed by atoms with Gasteiger partial charge in [-0.25, -0.2) is 0 Å². The van der Waals surface area contributed by atoms with Crippen LogP contribution in [0.15, 0.2) is 42.5 Å². The summed E-state index contributed by atoms with van der Waals surface area (Å²) >= 11 is 0. The maximum absolute atomic E-state index is 12.1. The predicted molar refractivity (Wildman–Crippen MR) is 77.9 cm³/mol. The number of amides is 1. The molecule has 0 bridgehead atoms. The number of H-pyrrole nitrogens is 1. The Morgan fingerprint density at radius 1 is 1.14 bits per heavy atom. The van der Waals surface area contributed by atoms with E-state index in [1.807, 2.05) is 36.4 Å². The molecule has 3 rings (SSSR count). The van der Waals surface area contributed by atoms with Crippen LogP contribution in [0.1, 0.15) is 23.3 Å². The number of carboxylic acid groups (broad SMARTS) is 1. The zero-order valence-corrected chi connectivity index (χ0v) is 11.4. The Bertz CT molecular complexity index is 672. The topological polar surface area (TPSA) is 82.2 Å². The lowest BCUT2D eigenvalue weighted by molar-refractivity contribution is -0.143. The number of aromatic amines is 1. The van der Waals surface area contributed by atoms with Crippen molar-refractivity contribution in [1.82, 2.24) is 10.3 Å². The highest BCUT2D eigenvalue weighted by Gasteiger charge is 2.50. The van der Waals surface area contributed by atoms with Gasteiger partial charge < -0.3 is 15.4 Å². The van der Waals surface area contributed by atoms with Gasteiger partial charge in [0, 0.05) is 12.2 Å². The zero-order valence-electron chi connectivity index (χ0n) is 11.4. The minimum Gasteiger partial charge on any atom is -0.481 e. The highest BCUT2D eigenvalue weighted by Crippen LogP contribution is 2.45. The van der Waals surface area contributed by atoms with Crippen molar-refractivity contribution >= 4 is 11.9 Å². The molecule has 5 nitrogen and oxygen atoms in total. The van der Waals surface area contributed by atoms with Crippen molar-refractivity contribution in [3.05, 3.63) is 48.2 Å². The lowest BCUT2D eigenvalue weighted by Crippen LogP contribution is -2.34. The van der Waals surface area contributed by atoms with Crippen molar-refractivity contribution < 1.29 is 14.7 Å². The normalized spacial score (nSPS) is 15.4. The summed E-state index contributed by atoms with van der Waals surface area (Å²) in [6.45, 7) is 0.181. The van der Waals surface area contributed by atoms with Crippen LogP contribution in [-0.2, 0) is 4.79 Å². The highest BCUT2D eigenvalue weighted by atomic mass is 16.4. The van der Waals surface area contributed by atoms with Crippen LogP contribution in [0.5, 0.6) is 0 Å². The Hall–Kier alpha value is -2.56. The third-order valence-electron chi connectivity index (χ3n) is 3.91. The molecular formula is C16H16N2O3. The Morgan fingerprint density at radius 3 is 2.48 bits per heavy atom. The van der Waals surface area contributed by atoms with E-state index in [1.165, 1.54) is 0 Å². The molecule has 0 spiro atoms. The van der Waals surface area contributed by atoms with E-state index < -0.39 is 11.4 Å². The van der Waals surface area contributed by atoms with Crippen LogP contribution < -0.4 is 5.32 Å². The van der Waals surface area contributed by atoms with E-state index in [-0.39, 0.29) is 12.5 Å². The largest absolute Gasteiger partial charge is 0.481 e. The van der Waals surface area contributed by atoms with Gasteiger partial charge in [-0.05, 0) is 30.5 Å². The molecule has 1 heterocycles. The Kier molecular flexibility index (Phi) is 3.25. The van der Waals surface area contributed by atoms with Crippen molar-refractivity contribution in [1.29, 1.82) is 0 Å². The maximum Gasteiger partial charge on any atom is 0.311 e. The summed E-state index contributed by atoms with van der Waals surface area (Å²) < 4.78 is 0.